The molecule has 0 aromatic carbocycles. The Hall–Kier alpha value is -4.09. The largest absolute Gasteiger partial charge is 2.00 e. The fraction of sp³-hybridized carbons (Fsp3) is 0.371. The van der Waals surface area contributed by atoms with Crippen LogP contribution in [0.4, 0.5) is 0 Å². The van der Waals surface area contributed by atoms with E-state index in [-0.39, 0.29) is 47.7 Å². The second kappa shape index (κ2) is 12.6. The van der Waals surface area contributed by atoms with Gasteiger partial charge in [0.1, 0.15) is 12.2 Å². The molecule has 3 aromatic heterocycles. The summed E-state index contributed by atoms with van der Waals surface area (Å²) in [5, 5.41) is 15.7. The number of hydrogen-bond acceptors (Lipinski definition) is 5. The zero-order chi connectivity index (χ0) is 32.3. The number of rotatable bonds is 7. The van der Waals surface area contributed by atoms with E-state index < -0.39 is 23.6 Å². The van der Waals surface area contributed by atoms with Crippen molar-refractivity contribution in [3.8, 4) is 0 Å². The smallest absolute Gasteiger partial charge is 0.664 e. The van der Waals surface area contributed by atoms with Crippen LogP contribution in [0.15, 0.2) is 11.4 Å². The fourth-order valence-electron chi connectivity index (χ4n) is 7.10. The first kappa shape index (κ1) is 33.3. The molecule has 0 saturated carbocycles. The van der Waals surface area contributed by atoms with Crippen LogP contribution in [0.2, 0.25) is 0 Å². The first-order valence-corrected chi connectivity index (χ1v) is 15.2. The summed E-state index contributed by atoms with van der Waals surface area (Å²) in [6.07, 6.45) is 7.76. The van der Waals surface area contributed by atoms with Gasteiger partial charge in [-0.15, -0.1) is 33.5 Å². The molecule has 234 valence electrons. The van der Waals surface area contributed by atoms with Crippen molar-refractivity contribution in [1.82, 2.24) is 15.0 Å². The molecule has 3 aliphatic rings. The van der Waals surface area contributed by atoms with Crippen molar-refractivity contribution in [3.63, 3.8) is 0 Å². The summed E-state index contributed by atoms with van der Waals surface area (Å²) in [6.45, 7) is 9.75. The van der Waals surface area contributed by atoms with Crippen molar-refractivity contribution in [2.24, 2.45) is 17.8 Å². The van der Waals surface area contributed by atoms with Gasteiger partial charge in [-0.3, -0.25) is 19.2 Å². The van der Waals surface area contributed by atoms with E-state index in [0.29, 0.717) is 74.3 Å². The van der Waals surface area contributed by atoms with Gasteiger partial charge in [0.2, 0.25) is 0 Å². The monoisotopic (exact) mass is 630 g/mol. The number of aromatic nitrogens is 3. The molecule has 1 N–H and O–H groups in total. The minimum atomic E-state index is -1.26. The number of nitrogens with zero attached hydrogens (tertiary/aromatic N) is 4. The Kier molecular flexibility index (Phi) is 9.11. The minimum Gasteiger partial charge on any atom is -0.664 e. The number of allylic oxidation sites excluding steroid dienone is 2. The third kappa shape index (κ3) is 5.09. The van der Waals surface area contributed by atoms with Gasteiger partial charge in [0.15, 0.2) is 5.78 Å². The van der Waals surface area contributed by atoms with Crippen molar-refractivity contribution in [3.05, 3.63) is 83.6 Å². The van der Waals surface area contributed by atoms with Crippen LogP contribution >= 0.6 is 0 Å². The SMILES string of the molecule is CCc1c2[n-]c(c1C)/C=C1\[N-]/C(=C3\c4[n-]c(c(C)c4C(=O)[C@@H]3C(=O)OC)/C=c3\[n-]/c(c(C=O)c3CC)=C\2)[C@@H](CCC(=O)O)[C@@H]1C.[Mg+2]. The number of carboxylic acid groups (broad SMARTS) is 1. The zero-order valence-corrected chi connectivity index (χ0v) is 28.3. The average Bonchev–Trinajstić information content (AvgIpc) is 3.76. The van der Waals surface area contributed by atoms with Gasteiger partial charge in [-0.05, 0) is 44.9 Å². The summed E-state index contributed by atoms with van der Waals surface area (Å²) in [6, 6.07) is 0. The van der Waals surface area contributed by atoms with Crippen LogP contribution in [0, 0.1) is 31.6 Å². The van der Waals surface area contributed by atoms with Crippen molar-refractivity contribution < 1.29 is 29.0 Å². The van der Waals surface area contributed by atoms with E-state index in [1.807, 2.05) is 39.8 Å². The van der Waals surface area contributed by atoms with Gasteiger partial charge >= 0.3 is 35.0 Å². The first-order valence-electron chi connectivity index (χ1n) is 15.2. The molecular formula is C35H34MgN4O6-2. The topological polar surface area (TPSA) is 154 Å². The third-order valence-corrected chi connectivity index (χ3v) is 9.53. The number of hydrogen-bond donors (Lipinski definition) is 1. The van der Waals surface area contributed by atoms with Crippen molar-refractivity contribution >= 4 is 70.9 Å². The number of aldehydes is 1. The molecule has 3 atom stereocenters. The maximum atomic E-state index is 14.0. The minimum absolute atomic E-state index is 0. The summed E-state index contributed by atoms with van der Waals surface area (Å²) < 4.78 is 5.10. The van der Waals surface area contributed by atoms with E-state index in [4.69, 9.17) is 25.0 Å². The molecule has 1 aliphatic carbocycles. The third-order valence-electron chi connectivity index (χ3n) is 9.53. The van der Waals surface area contributed by atoms with Crippen LogP contribution in [0.25, 0.3) is 29.1 Å². The Balaban J connectivity index is 0.00000417. The molecule has 1 fully saturated rings. The molecular weight excluding hydrogens is 597 g/mol. The summed E-state index contributed by atoms with van der Waals surface area (Å²) >= 11 is 0. The normalized spacial score (nSPS) is 23.7. The molecule has 5 heterocycles. The van der Waals surface area contributed by atoms with E-state index in [0.717, 1.165) is 28.7 Å². The predicted octanol–water partition coefficient (Wildman–Crippen LogP) is 2.94. The molecule has 46 heavy (non-hydrogen) atoms. The van der Waals surface area contributed by atoms with Crippen molar-refractivity contribution in [2.45, 2.75) is 60.3 Å². The molecule has 0 unspecified atom stereocenters. The Labute approximate surface area is 282 Å². The summed E-state index contributed by atoms with van der Waals surface area (Å²) in [7, 11) is 1.24. The summed E-state index contributed by atoms with van der Waals surface area (Å²) in [5.74, 6) is -3.98. The molecule has 8 bridgehead atoms. The molecule has 6 rings (SSSR count). The fourth-order valence-corrected chi connectivity index (χ4v) is 7.10. The number of fused-ring (bicyclic) bond motifs is 7. The van der Waals surface area contributed by atoms with Crippen LogP contribution in [0.3, 0.4) is 0 Å². The molecule has 0 amide bonds. The number of Topliss-reactive ketones (excluding diaryl/α,β-unsaturated/α-hetero) is 1. The number of carbonyl (C=O) groups excluding carboxylic acids is 3. The number of methoxy groups -OCH3 is 1. The van der Waals surface area contributed by atoms with Gasteiger partial charge in [0.05, 0.1) is 7.11 Å². The molecule has 0 radical (unpaired) electrons. The molecule has 10 nitrogen and oxygen atoms in total. The van der Waals surface area contributed by atoms with Gasteiger partial charge in [-0.25, -0.2) is 0 Å². The Bertz CT molecular complexity index is 1990. The van der Waals surface area contributed by atoms with E-state index in [9.17, 15) is 24.3 Å². The first-order chi connectivity index (χ1) is 21.5. The quantitative estimate of drug-likeness (QED) is 0.180. The van der Waals surface area contributed by atoms with Crippen LogP contribution in [-0.4, -0.2) is 59.3 Å². The van der Waals surface area contributed by atoms with Crippen LogP contribution < -0.4 is 25.7 Å². The standard InChI is InChI=1S/C35H36N4O6.Mg/c1-7-18-15(3)22-11-23-16(4)20(9-10-28(41)42)32(38-23)30-31(35(44)45-6)34(43)29-17(5)24(39-33(29)30)12-26-19(8-2)21(14-40)27(37-26)13-25(18)36-22;/h11-14,16,20,31H,7-10H2,1-6H3,(H3,38,39,40,41,42,43);/q-2;+2/p-2/b23-11-,27-13-;/t16-,20-,31+;/m0./s1. The number of carbonyl (C=O) groups is 4. The van der Waals surface area contributed by atoms with Gasteiger partial charge in [-0.2, -0.15) is 11.4 Å². The van der Waals surface area contributed by atoms with Crippen LogP contribution in [0.1, 0.15) is 99.4 Å². The second-order valence-electron chi connectivity index (χ2n) is 11.8. The molecule has 2 aliphatic heterocycles. The van der Waals surface area contributed by atoms with Gasteiger partial charge in [0.25, 0.3) is 0 Å². The van der Waals surface area contributed by atoms with Crippen LogP contribution in [-0.2, 0) is 27.2 Å². The van der Waals surface area contributed by atoms with Gasteiger partial charge in [-0.1, -0.05) is 66.8 Å². The second-order valence-corrected chi connectivity index (χ2v) is 11.8. The maximum absolute atomic E-state index is 14.0. The zero-order valence-electron chi connectivity index (χ0n) is 26.9. The molecule has 0 spiro atoms. The molecule has 11 heteroatoms. The summed E-state index contributed by atoms with van der Waals surface area (Å²) in [4.78, 5) is 66.0. The number of esters is 1. The summed E-state index contributed by atoms with van der Waals surface area (Å²) in [5.41, 5.74) is 7.93. The van der Waals surface area contributed by atoms with Crippen molar-refractivity contribution in [1.29, 1.82) is 0 Å². The predicted molar refractivity (Wildman–Crippen MR) is 173 cm³/mol. The number of ketones is 1. The molecule has 3 aromatic rings. The Morgan fingerprint density at radius 1 is 0.957 bits per heavy atom. The van der Waals surface area contributed by atoms with Crippen molar-refractivity contribution in [2.75, 3.05) is 7.11 Å². The number of aliphatic carboxylic acids is 1. The number of ether oxygens (including phenoxy) is 1. The van der Waals surface area contributed by atoms with E-state index >= 15 is 0 Å². The maximum Gasteiger partial charge on any atom is 2.00 e. The van der Waals surface area contributed by atoms with Crippen LogP contribution in [0.5, 0.6) is 0 Å². The van der Waals surface area contributed by atoms with E-state index in [1.54, 1.807) is 13.0 Å². The average molecular weight is 631 g/mol. The van der Waals surface area contributed by atoms with Gasteiger partial charge in [0, 0.05) is 17.5 Å². The van der Waals surface area contributed by atoms with E-state index in [2.05, 4.69) is 0 Å². The Morgan fingerprint density at radius 3 is 2.26 bits per heavy atom. The molecule has 1 saturated heterocycles. The van der Waals surface area contributed by atoms with E-state index in [1.165, 1.54) is 7.11 Å². The van der Waals surface area contributed by atoms with Gasteiger partial charge < -0.3 is 30.1 Å². The number of carboxylic acids is 1. The Morgan fingerprint density at radius 2 is 1.63 bits per heavy atom.